The van der Waals surface area contributed by atoms with Crippen LogP contribution >= 0.6 is 11.7 Å². The summed E-state index contributed by atoms with van der Waals surface area (Å²) in [5, 5.41) is 0.756. The van der Waals surface area contributed by atoms with Gasteiger partial charge >= 0.3 is 0 Å². The molecule has 190 valence electrons. The van der Waals surface area contributed by atoms with Gasteiger partial charge in [-0.15, -0.1) is 0 Å². The molecule has 0 bridgehead atoms. The third kappa shape index (κ3) is 5.00. The summed E-state index contributed by atoms with van der Waals surface area (Å²) in [5.41, 5.74) is 4.24. The molecule has 3 aromatic carbocycles. The fourth-order valence-corrected chi connectivity index (χ4v) is 6.82. The minimum absolute atomic E-state index is 0.0932. The number of rotatable bonds is 8. The van der Waals surface area contributed by atoms with Gasteiger partial charge in [0, 0.05) is 29.6 Å². The van der Waals surface area contributed by atoms with Crippen LogP contribution in [0.2, 0.25) is 0 Å². The average Bonchev–Trinajstić information content (AvgIpc) is 3.34. The summed E-state index contributed by atoms with van der Waals surface area (Å²) in [6.07, 6.45) is 0.491. The summed E-state index contributed by atoms with van der Waals surface area (Å²) in [6.45, 7) is 3.85. The molecule has 0 saturated carbocycles. The molecule has 0 aliphatic heterocycles. The quantitative estimate of drug-likeness (QED) is 0.312. The Morgan fingerprint density at radius 1 is 1.03 bits per heavy atom. The molecule has 5 rings (SSSR count). The van der Waals surface area contributed by atoms with Crippen LogP contribution in [0.4, 0.5) is 0 Å². The van der Waals surface area contributed by atoms with Crippen LogP contribution in [-0.2, 0) is 23.0 Å². The summed E-state index contributed by atoms with van der Waals surface area (Å²) < 4.78 is 43.5. The molecule has 37 heavy (non-hydrogen) atoms. The Kier molecular flexibility index (Phi) is 6.80. The van der Waals surface area contributed by atoms with E-state index in [2.05, 4.69) is 13.7 Å². The Balaban J connectivity index is 1.59. The van der Waals surface area contributed by atoms with E-state index in [1.807, 2.05) is 37.3 Å². The third-order valence-corrected chi connectivity index (χ3v) is 8.95. The number of fused-ring (bicyclic) bond motifs is 2. The highest BCUT2D eigenvalue weighted by Crippen LogP contribution is 2.29. The number of nitrogens with zero attached hydrogens (tertiary/aromatic N) is 3. The third-order valence-electron chi connectivity index (χ3n) is 6.38. The van der Waals surface area contributed by atoms with Crippen molar-refractivity contribution in [2.24, 2.45) is 0 Å². The Labute approximate surface area is 218 Å². The van der Waals surface area contributed by atoms with Crippen molar-refractivity contribution in [3.05, 3.63) is 93.3 Å². The van der Waals surface area contributed by atoms with Gasteiger partial charge in [-0.3, -0.25) is 4.79 Å². The van der Waals surface area contributed by atoms with E-state index in [1.165, 1.54) is 4.31 Å². The summed E-state index contributed by atoms with van der Waals surface area (Å²) in [6, 6.07) is 18.6. The molecular weight excluding hydrogens is 508 g/mol. The maximum Gasteiger partial charge on any atom is 0.252 e. The van der Waals surface area contributed by atoms with Gasteiger partial charge in [-0.25, -0.2) is 8.42 Å². The molecule has 0 unspecified atom stereocenters. The molecule has 0 radical (unpaired) electrons. The Morgan fingerprint density at radius 3 is 2.65 bits per heavy atom. The van der Waals surface area contributed by atoms with E-state index in [4.69, 9.17) is 4.74 Å². The standard InChI is InChI=1S/C27H26N4O4S2/c1-17-5-4-6-19(13-17)11-12-31(37(33,34)26-18(2)7-9-24-25(26)30-36-29-24)16-21-14-20-15-22(35-3)8-10-23(20)28-27(21)32/h4-10,13-15H,11-12,16H2,1-3H3,(H,28,32). The van der Waals surface area contributed by atoms with E-state index in [0.717, 1.165) is 28.2 Å². The molecule has 0 amide bonds. The summed E-state index contributed by atoms with van der Waals surface area (Å²) in [4.78, 5) is 16.0. The maximum absolute atomic E-state index is 14.2. The van der Waals surface area contributed by atoms with Gasteiger partial charge in [-0.05, 0) is 61.7 Å². The Bertz CT molecular complexity index is 1780. The monoisotopic (exact) mass is 534 g/mol. The number of hydrogen-bond acceptors (Lipinski definition) is 7. The van der Waals surface area contributed by atoms with E-state index in [1.54, 1.807) is 44.4 Å². The largest absolute Gasteiger partial charge is 0.497 e. The fraction of sp³-hybridized carbons (Fsp3) is 0.222. The van der Waals surface area contributed by atoms with E-state index in [9.17, 15) is 13.2 Å². The number of pyridine rings is 1. The molecule has 5 aromatic rings. The highest BCUT2D eigenvalue weighted by atomic mass is 32.2. The molecule has 0 aliphatic rings. The van der Waals surface area contributed by atoms with Crippen LogP contribution in [0.1, 0.15) is 22.3 Å². The van der Waals surface area contributed by atoms with Crippen LogP contribution in [0.3, 0.4) is 0 Å². The zero-order chi connectivity index (χ0) is 26.2. The second-order valence-electron chi connectivity index (χ2n) is 9.00. The van der Waals surface area contributed by atoms with Gasteiger partial charge in [-0.2, -0.15) is 13.1 Å². The lowest BCUT2D eigenvalue weighted by atomic mass is 10.1. The number of hydrogen-bond donors (Lipinski definition) is 1. The van der Waals surface area contributed by atoms with Gasteiger partial charge < -0.3 is 9.72 Å². The van der Waals surface area contributed by atoms with Crippen molar-refractivity contribution >= 4 is 43.7 Å². The lowest BCUT2D eigenvalue weighted by Gasteiger charge is -2.23. The predicted octanol–water partition coefficient (Wildman–Crippen LogP) is 4.59. The van der Waals surface area contributed by atoms with Gasteiger partial charge in [-0.1, -0.05) is 35.9 Å². The number of aryl methyl sites for hydroxylation is 2. The van der Waals surface area contributed by atoms with Gasteiger partial charge in [0.05, 0.1) is 18.8 Å². The van der Waals surface area contributed by atoms with Crippen LogP contribution in [0, 0.1) is 13.8 Å². The van der Waals surface area contributed by atoms with E-state index in [-0.39, 0.29) is 23.5 Å². The van der Waals surface area contributed by atoms with E-state index >= 15 is 0 Å². The molecule has 0 fully saturated rings. The Morgan fingerprint density at radius 2 is 1.86 bits per heavy atom. The van der Waals surface area contributed by atoms with Crippen molar-refractivity contribution in [2.45, 2.75) is 31.7 Å². The number of benzene rings is 3. The second kappa shape index (κ2) is 10.0. The molecule has 2 aromatic heterocycles. The first-order valence-corrected chi connectivity index (χ1v) is 13.9. The molecule has 0 spiro atoms. The highest BCUT2D eigenvalue weighted by molar-refractivity contribution is 7.89. The molecule has 1 N–H and O–H groups in total. The normalized spacial score (nSPS) is 12.0. The molecule has 0 aliphatic carbocycles. The summed E-state index contributed by atoms with van der Waals surface area (Å²) in [5.74, 6) is 0.646. The van der Waals surface area contributed by atoms with Crippen molar-refractivity contribution in [1.29, 1.82) is 0 Å². The Hall–Kier alpha value is -3.60. The van der Waals surface area contributed by atoms with Gasteiger partial charge in [0.1, 0.15) is 21.7 Å². The number of methoxy groups -OCH3 is 1. The molecule has 10 heteroatoms. The van der Waals surface area contributed by atoms with Crippen molar-refractivity contribution < 1.29 is 13.2 Å². The van der Waals surface area contributed by atoms with Crippen molar-refractivity contribution in [3.63, 3.8) is 0 Å². The summed E-state index contributed by atoms with van der Waals surface area (Å²) in [7, 11) is -2.46. The predicted molar refractivity (Wildman–Crippen MR) is 146 cm³/mol. The smallest absolute Gasteiger partial charge is 0.252 e. The van der Waals surface area contributed by atoms with Crippen molar-refractivity contribution in [2.75, 3.05) is 13.7 Å². The van der Waals surface area contributed by atoms with Crippen LogP contribution in [0.15, 0.2) is 70.4 Å². The van der Waals surface area contributed by atoms with Crippen molar-refractivity contribution in [1.82, 2.24) is 18.0 Å². The lowest BCUT2D eigenvalue weighted by Crippen LogP contribution is -2.35. The number of ether oxygens (including phenoxy) is 1. The first kappa shape index (κ1) is 25.1. The van der Waals surface area contributed by atoms with Crippen LogP contribution < -0.4 is 10.3 Å². The van der Waals surface area contributed by atoms with Crippen molar-refractivity contribution in [3.8, 4) is 5.75 Å². The van der Waals surface area contributed by atoms with Crippen LogP contribution in [-0.4, -0.2) is 40.1 Å². The highest BCUT2D eigenvalue weighted by Gasteiger charge is 2.30. The fourth-order valence-electron chi connectivity index (χ4n) is 4.45. The number of nitrogens with one attached hydrogen (secondary N) is 1. The van der Waals surface area contributed by atoms with Gasteiger partial charge in [0.25, 0.3) is 5.56 Å². The first-order valence-electron chi connectivity index (χ1n) is 11.7. The average molecular weight is 535 g/mol. The SMILES string of the molecule is COc1ccc2[nH]c(=O)c(CN(CCc3cccc(C)c3)S(=O)(=O)c3c(C)ccc4nsnc34)cc2c1. The number of aromatic amines is 1. The molecule has 0 atom stereocenters. The minimum Gasteiger partial charge on any atom is -0.497 e. The van der Waals surface area contributed by atoms with Crippen LogP contribution in [0.5, 0.6) is 5.75 Å². The second-order valence-corrected chi connectivity index (χ2v) is 11.4. The topological polar surface area (TPSA) is 105 Å². The van der Waals surface area contributed by atoms with Gasteiger partial charge in [0.2, 0.25) is 10.0 Å². The molecule has 2 heterocycles. The summed E-state index contributed by atoms with van der Waals surface area (Å²) >= 11 is 0.977. The molecular formula is C27H26N4O4S2. The van der Waals surface area contributed by atoms with Crippen LogP contribution in [0.25, 0.3) is 21.9 Å². The molecule has 0 saturated heterocycles. The number of H-pyrrole nitrogens is 1. The zero-order valence-corrected chi connectivity index (χ0v) is 22.3. The molecule has 8 nitrogen and oxygen atoms in total. The van der Waals surface area contributed by atoms with Gasteiger partial charge in [0.15, 0.2) is 0 Å². The van der Waals surface area contributed by atoms with E-state index < -0.39 is 10.0 Å². The zero-order valence-electron chi connectivity index (χ0n) is 20.7. The first-order chi connectivity index (χ1) is 17.8. The maximum atomic E-state index is 14.2. The minimum atomic E-state index is -4.03. The lowest BCUT2D eigenvalue weighted by molar-refractivity contribution is 0.408. The number of aromatic nitrogens is 3. The van der Waals surface area contributed by atoms with E-state index in [0.29, 0.717) is 39.8 Å². The number of sulfonamides is 1.